The molecule has 0 bridgehead atoms. The number of nitrogens with zero attached hydrogens (tertiary/aromatic N) is 2. The van der Waals surface area contributed by atoms with Crippen molar-refractivity contribution in [2.24, 2.45) is 0 Å². The molecule has 2 heterocycles. The lowest BCUT2D eigenvalue weighted by Crippen LogP contribution is -2.23. The van der Waals surface area contributed by atoms with E-state index >= 15 is 0 Å². The molecule has 3 aromatic rings. The maximum Gasteiger partial charge on any atom is 0.243 e. The Balaban J connectivity index is 1.91. The number of aryl methyl sites for hydroxylation is 1. The van der Waals surface area contributed by atoms with Gasteiger partial charge in [-0.15, -0.1) is 0 Å². The molecule has 2 aromatic heterocycles. The van der Waals surface area contributed by atoms with Gasteiger partial charge in [0.1, 0.15) is 16.4 Å². The van der Waals surface area contributed by atoms with Crippen LogP contribution in [0.3, 0.4) is 0 Å². The Bertz CT molecular complexity index is 950. The minimum Gasteiger partial charge on any atom is -0.331 e. The lowest BCUT2D eigenvalue weighted by Gasteiger charge is -2.06. The topological polar surface area (TPSA) is 64.0 Å². The molecule has 7 heteroatoms. The van der Waals surface area contributed by atoms with Crippen LogP contribution in [0, 0.1) is 5.82 Å². The van der Waals surface area contributed by atoms with Crippen molar-refractivity contribution in [2.75, 3.05) is 0 Å². The minimum atomic E-state index is -3.70. The Morgan fingerprint density at radius 3 is 2.67 bits per heavy atom. The second-order valence-electron chi connectivity index (χ2n) is 5.51. The van der Waals surface area contributed by atoms with E-state index in [1.165, 1.54) is 12.1 Å². The number of halogens is 1. The maximum atomic E-state index is 12.9. The van der Waals surface area contributed by atoms with Gasteiger partial charge in [0.2, 0.25) is 10.0 Å². The summed E-state index contributed by atoms with van der Waals surface area (Å²) in [5.41, 5.74) is 1.34. The van der Waals surface area contributed by atoms with Crippen LogP contribution < -0.4 is 4.72 Å². The molecule has 1 aromatic carbocycles. The number of sulfonamides is 1. The maximum absolute atomic E-state index is 12.9. The van der Waals surface area contributed by atoms with Crippen LogP contribution in [0.1, 0.15) is 18.9 Å². The smallest absolute Gasteiger partial charge is 0.243 e. The first-order valence-electron chi connectivity index (χ1n) is 7.69. The van der Waals surface area contributed by atoms with Gasteiger partial charge in [0, 0.05) is 30.9 Å². The predicted molar refractivity (Wildman–Crippen MR) is 90.4 cm³/mol. The average Bonchev–Trinajstić information content (AvgIpc) is 2.95. The number of nitrogens with one attached hydrogen (secondary N) is 1. The summed E-state index contributed by atoms with van der Waals surface area (Å²) in [6.07, 6.45) is 4.15. The predicted octanol–water partition coefficient (Wildman–Crippen LogP) is 3.06. The molecule has 0 aliphatic carbocycles. The Kier molecular flexibility index (Phi) is 4.64. The average molecular weight is 347 g/mol. The van der Waals surface area contributed by atoms with E-state index in [9.17, 15) is 12.8 Å². The molecular formula is C17H18FN3O2S. The van der Waals surface area contributed by atoms with Crippen molar-refractivity contribution >= 4 is 21.1 Å². The van der Waals surface area contributed by atoms with Crippen molar-refractivity contribution in [2.45, 2.75) is 31.3 Å². The van der Waals surface area contributed by atoms with E-state index < -0.39 is 10.0 Å². The van der Waals surface area contributed by atoms with Crippen molar-refractivity contribution in [3.63, 3.8) is 0 Å². The Hall–Kier alpha value is -2.25. The third-order valence-electron chi connectivity index (χ3n) is 3.73. The third kappa shape index (κ3) is 3.32. The van der Waals surface area contributed by atoms with E-state index in [4.69, 9.17) is 0 Å². The fraction of sp³-hybridized carbons (Fsp3) is 0.235. The van der Waals surface area contributed by atoms with Gasteiger partial charge in [0.15, 0.2) is 0 Å². The molecule has 126 valence electrons. The first kappa shape index (κ1) is 16.6. The Morgan fingerprint density at radius 1 is 1.21 bits per heavy atom. The van der Waals surface area contributed by atoms with Gasteiger partial charge in [0.05, 0.1) is 0 Å². The van der Waals surface area contributed by atoms with Crippen LogP contribution in [0.4, 0.5) is 4.39 Å². The summed E-state index contributed by atoms with van der Waals surface area (Å²) in [5, 5.41) is 0.595. The van der Waals surface area contributed by atoms with Crippen molar-refractivity contribution in [3.8, 4) is 0 Å². The van der Waals surface area contributed by atoms with Gasteiger partial charge in [-0.1, -0.05) is 19.1 Å². The van der Waals surface area contributed by atoms with E-state index in [0.29, 0.717) is 23.1 Å². The van der Waals surface area contributed by atoms with Crippen molar-refractivity contribution in [1.29, 1.82) is 0 Å². The zero-order chi connectivity index (χ0) is 17.2. The summed E-state index contributed by atoms with van der Waals surface area (Å²) in [6.45, 7) is 2.82. The molecule has 0 fully saturated rings. The van der Waals surface area contributed by atoms with E-state index in [-0.39, 0.29) is 17.3 Å². The van der Waals surface area contributed by atoms with Gasteiger partial charge < -0.3 is 4.57 Å². The summed E-state index contributed by atoms with van der Waals surface area (Å²) >= 11 is 0. The second-order valence-corrected chi connectivity index (χ2v) is 7.25. The fourth-order valence-electron chi connectivity index (χ4n) is 2.57. The van der Waals surface area contributed by atoms with E-state index in [0.717, 1.165) is 6.42 Å². The first-order chi connectivity index (χ1) is 11.5. The van der Waals surface area contributed by atoms with Crippen LogP contribution in [0.5, 0.6) is 0 Å². The molecule has 0 radical (unpaired) electrons. The summed E-state index contributed by atoms with van der Waals surface area (Å²) in [5.74, 6) is -0.352. The number of benzene rings is 1. The van der Waals surface area contributed by atoms with Crippen LogP contribution in [0.25, 0.3) is 11.0 Å². The molecule has 0 saturated carbocycles. The number of pyridine rings is 1. The molecule has 0 amide bonds. The van der Waals surface area contributed by atoms with Crippen molar-refractivity contribution in [1.82, 2.24) is 14.3 Å². The molecular weight excluding hydrogens is 329 g/mol. The van der Waals surface area contributed by atoms with Gasteiger partial charge in [-0.05, 0) is 36.2 Å². The summed E-state index contributed by atoms with van der Waals surface area (Å²) in [7, 11) is -3.70. The molecule has 5 nitrogen and oxygen atoms in total. The van der Waals surface area contributed by atoms with Crippen LogP contribution in [0.2, 0.25) is 0 Å². The highest BCUT2D eigenvalue weighted by Crippen LogP contribution is 2.24. The molecule has 0 saturated heterocycles. The summed E-state index contributed by atoms with van der Waals surface area (Å²) < 4.78 is 42.7. The highest BCUT2D eigenvalue weighted by molar-refractivity contribution is 7.89. The lowest BCUT2D eigenvalue weighted by atomic mass is 10.2. The van der Waals surface area contributed by atoms with E-state index in [2.05, 4.69) is 9.71 Å². The third-order valence-corrected chi connectivity index (χ3v) is 5.16. The lowest BCUT2D eigenvalue weighted by molar-refractivity contribution is 0.581. The van der Waals surface area contributed by atoms with Crippen LogP contribution in [0.15, 0.2) is 53.7 Å². The molecule has 0 atom stereocenters. The normalized spacial score (nSPS) is 11.9. The molecule has 24 heavy (non-hydrogen) atoms. The monoisotopic (exact) mass is 347 g/mol. The zero-order valence-corrected chi connectivity index (χ0v) is 14.1. The van der Waals surface area contributed by atoms with Gasteiger partial charge in [-0.3, -0.25) is 0 Å². The van der Waals surface area contributed by atoms with Crippen molar-refractivity contribution < 1.29 is 12.8 Å². The van der Waals surface area contributed by atoms with E-state index in [1.807, 2.05) is 11.5 Å². The summed E-state index contributed by atoms with van der Waals surface area (Å²) in [4.78, 5) is 4.50. The fourth-order valence-corrected chi connectivity index (χ4v) is 3.80. The minimum absolute atomic E-state index is 0.101. The number of hydrogen-bond donors (Lipinski definition) is 1. The van der Waals surface area contributed by atoms with E-state index in [1.54, 1.807) is 36.7 Å². The highest BCUT2D eigenvalue weighted by Gasteiger charge is 2.21. The quantitative estimate of drug-likeness (QED) is 0.745. The van der Waals surface area contributed by atoms with Gasteiger partial charge in [-0.2, -0.15) is 0 Å². The van der Waals surface area contributed by atoms with Gasteiger partial charge >= 0.3 is 0 Å². The molecule has 3 rings (SSSR count). The van der Waals surface area contributed by atoms with Crippen molar-refractivity contribution in [3.05, 3.63) is 60.2 Å². The Labute approximate surface area is 140 Å². The van der Waals surface area contributed by atoms with Gasteiger partial charge in [-0.25, -0.2) is 22.5 Å². The molecule has 0 unspecified atom stereocenters. The zero-order valence-electron chi connectivity index (χ0n) is 13.2. The number of rotatable bonds is 6. The second kappa shape index (κ2) is 6.70. The first-order valence-corrected chi connectivity index (χ1v) is 9.17. The standard InChI is InChI=1S/C17H18FN3O2S/c1-2-10-21-12-16(15-4-3-9-19-17(15)21)24(22,23)20-11-13-5-7-14(18)8-6-13/h3-9,12,20H,2,10-11H2,1H3. The molecule has 0 spiro atoms. The SMILES string of the molecule is CCCn1cc(S(=O)(=O)NCc2ccc(F)cc2)c2cccnc21. The van der Waals surface area contributed by atoms with Crippen LogP contribution >= 0.6 is 0 Å². The summed E-state index contributed by atoms with van der Waals surface area (Å²) in [6, 6.07) is 9.19. The largest absolute Gasteiger partial charge is 0.331 e. The number of hydrogen-bond acceptors (Lipinski definition) is 3. The number of fused-ring (bicyclic) bond motifs is 1. The molecule has 0 aliphatic heterocycles. The molecule has 1 N–H and O–H groups in total. The highest BCUT2D eigenvalue weighted by atomic mass is 32.2. The van der Waals surface area contributed by atoms with Gasteiger partial charge in [0.25, 0.3) is 0 Å². The van der Waals surface area contributed by atoms with Crippen LogP contribution in [-0.2, 0) is 23.1 Å². The molecule has 0 aliphatic rings. The van der Waals surface area contributed by atoms with Crippen LogP contribution in [-0.4, -0.2) is 18.0 Å². The number of aromatic nitrogens is 2. The Morgan fingerprint density at radius 2 is 1.96 bits per heavy atom.